The van der Waals surface area contributed by atoms with Gasteiger partial charge < -0.3 is 5.11 Å². The molecule has 6 heteroatoms. The number of carbonyl (C=O) groups is 1. The zero-order valence-corrected chi connectivity index (χ0v) is 7.83. The molecule has 0 radical (unpaired) electrons. The van der Waals surface area contributed by atoms with Gasteiger partial charge in [-0.1, -0.05) is 0 Å². The normalized spacial score (nSPS) is 29.9. The Labute approximate surface area is 76.5 Å². The summed E-state index contributed by atoms with van der Waals surface area (Å²) in [7, 11) is -3.97. The quantitative estimate of drug-likeness (QED) is 0.645. The second kappa shape index (κ2) is 3.63. The lowest BCUT2D eigenvalue weighted by atomic mass is 9.89. The number of rotatable bonds is 2. The van der Waals surface area contributed by atoms with Gasteiger partial charge in [-0.25, -0.2) is 0 Å². The van der Waals surface area contributed by atoms with E-state index in [1.54, 1.807) is 0 Å². The van der Waals surface area contributed by atoms with Crippen LogP contribution in [-0.4, -0.2) is 29.3 Å². The highest BCUT2D eigenvalue weighted by atomic mass is 32.2. The second-order valence-corrected chi connectivity index (χ2v) is 5.02. The van der Waals surface area contributed by atoms with Gasteiger partial charge in [0.05, 0.1) is 11.2 Å². The molecule has 0 unspecified atom stereocenters. The van der Waals surface area contributed by atoms with Crippen molar-refractivity contribution < 1.29 is 22.9 Å². The van der Waals surface area contributed by atoms with Crippen LogP contribution in [0.1, 0.15) is 25.7 Å². The molecule has 76 valence electrons. The molecular formula is C7H12O5S. The fourth-order valence-electron chi connectivity index (χ4n) is 1.61. The van der Waals surface area contributed by atoms with Crippen LogP contribution in [-0.2, 0) is 14.9 Å². The summed E-state index contributed by atoms with van der Waals surface area (Å²) in [5, 5.41) is 7.85. The molecule has 0 aromatic carbocycles. The van der Waals surface area contributed by atoms with E-state index in [0.717, 1.165) is 0 Å². The van der Waals surface area contributed by atoms with E-state index in [1.807, 2.05) is 0 Å². The minimum atomic E-state index is -3.97. The van der Waals surface area contributed by atoms with E-state index >= 15 is 0 Å². The first-order valence-corrected chi connectivity index (χ1v) is 5.60. The number of hydrogen-bond acceptors (Lipinski definition) is 3. The van der Waals surface area contributed by atoms with Crippen molar-refractivity contribution in [1.82, 2.24) is 0 Å². The lowest BCUT2D eigenvalue weighted by Crippen LogP contribution is -2.29. The highest BCUT2D eigenvalue weighted by molar-refractivity contribution is 7.86. The average Bonchev–Trinajstić information content (AvgIpc) is 2.03. The monoisotopic (exact) mass is 208 g/mol. The van der Waals surface area contributed by atoms with E-state index in [0.29, 0.717) is 12.8 Å². The summed E-state index contributed by atoms with van der Waals surface area (Å²) in [6.07, 6.45) is 1.16. The Bertz CT molecular complexity index is 286. The zero-order valence-electron chi connectivity index (χ0n) is 7.01. The van der Waals surface area contributed by atoms with E-state index in [-0.39, 0.29) is 12.8 Å². The van der Waals surface area contributed by atoms with E-state index in [1.165, 1.54) is 0 Å². The van der Waals surface area contributed by atoms with Gasteiger partial charge in [0, 0.05) is 0 Å². The first-order valence-electron chi connectivity index (χ1n) is 4.10. The Morgan fingerprint density at radius 2 is 1.62 bits per heavy atom. The summed E-state index contributed by atoms with van der Waals surface area (Å²) in [6, 6.07) is 0. The molecule has 1 aliphatic rings. The Kier molecular flexibility index (Phi) is 2.92. The Hall–Kier alpha value is -0.620. The van der Waals surface area contributed by atoms with Gasteiger partial charge >= 0.3 is 5.97 Å². The lowest BCUT2D eigenvalue weighted by Gasteiger charge is -2.23. The van der Waals surface area contributed by atoms with Crippen LogP contribution in [0.15, 0.2) is 0 Å². The molecular weight excluding hydrogens is 196 g/mol. The third-order valence-electron chi connectivity index (χ3n) is 2.44. The third kappa shape index (κ3) is 2.67. The van der Waals surface area contributed by atoms with Crippen molar-refractivity contribution in [3.05, 3.63) is 0 Å². The molecule has 0 aromatic rings. The predicted octanol–water partition coefficient (Wildman–Crippen LogP) is 0.518. The molecule has 0 heterocycles. The number of carboxylic acid groups (broad SMARTS) is 1. The Balaban J connectivity index is 2.53. The van der Waals surface area contributed by atoms with Crippen molar-refractivity contribution >= 4 is 16.1 Å². The van der Waals surface area contributed by atoms with Crippen molar-refractivity contribution in [3.63, 3.8) is 0 Å². The smallest absolute Gasteiger partial charge is 0.306 e. The molecule has 0 aliphatic heterocycles. The maximum Gasteiger partial charge on any atom is 0.306 e. The van der Waals surface area contributed by atoms with Crippen molar-refractivity contribution in [2.24, 2.45) is 5.92 Å². The fraction of sp³-hybridized carbons (Fsp3) is 0.857. The van der Waals surface area contributed by atoms with Crippen LogP contribution in [0.2, 0.25) is 0 Å². The van der Waals surface area contributed by atoms with Crippen molar-refractivity contribution in [2.45, 2.75) is 30.9 Å². The zero-order chi connectivity index (χ0) is 10.1. The molecule has 2 N–H and O–H groups in total. The maximum absolute atomic E-state index is 10.7. The van der Waals surface area contributed by atoms with E-state index in [4.69, 9.17) is 9.66 Å². The standard InChI is InChI=1S/C7H12O5S/c8-7(9)5-1-3-6(4-2-5)13(10,11)12/h5-6H,1-4H2,(H,8,9)(H,10,11,12). The molecule has 0 saturated heterocycles. The minimum absolute atomic E-state index is 0.246. The second-order valence-electron chi connectivity index (χ2n) is 3.33. The number of hydrogen-bond donors (Lipinski definition) is 2. The van der Waals surface area contributed by atoms with Gasteiger partial charge in [0.2, 0.25) is 0 Å². The topological polar surface area (TPSA) is 91.7 Å². The lowest BCUT2D eigenvalue weighted by molar-refractivity contribution is -0.142. The van der Waals surface area contributed by atoms with Crippen LogP contribution < -0.4 is 0 Å². The average molecular weight is 208 g/mol. The molecule has 0 amide bonds. The van der Waals surface area contributed by atoms with Crippen molar-refractivity contribution in [1.29, 1.82) is 0 Å². The van der Waals surface area contributed by atoms with Gasteiger partial charge in [0.15, 0.2) is 0 Å². The van der Waals surface area contributed by atoms with Crippen LogP contribution in [0, 0.1) is 5.92 Å². The number of carboxylic acids is 1. The molecule has 0 bridgehead atoms. The molecule has 1 rings (SSSR count). The summed E-state index contributed by atoms with van der Waals surface area (Å²) in [4.78, 5) is 10.5. The highest BCUT2D eigenvalue weighted by Crippen LogP contribution is 2.27. The third-order valence-corrected chi connectivity index (χ3v) is 3.76. The molecule has 13 heavy (non-hydrogen) atoms. The first kappa shape index (κ1) is 10.5. The number of aliphatic carboxylic acids is 1. The van der Waals surface area contributed by atoms with Crippen LogP contribution in [0.3, 0.4) is 0 Å². The predicted molar refractivity (Wildman–Crippen MR) is 44.9 cm³/mol. The molecule has 0 aromatic heterocycles. The van der Waals surface area contributed by atoms with E-state index in [9.17, 15) is 13.2 Å². The van der Waals surface area contributed by atoms with E-state index < -0.39 is 27.3 Å². The van der Waals surface area contributed by atoms with Gasteiger partial charge in [0.1, 0.15) is 0 Å². The van der Waals surface area contributed by atoms with Crippen LogP contribution in [0.25, 0.3) is 0 Å². The Morgan fingerprint density at radius 1 is 1.15 bits per heavy atom. The maximum atomic E-state index is 10.7. The van der Waals surface area contributed by atoms with Crippen molar-refractivity contribution in [3.8, 4) is 0 Å². The SMILES string of the molecule is O=C(O)C1CCC(S(=O)(=O)O)CC1. The summed E-state index contributed by atoms with van der Waals surface area (Å²) < 4.78 is 30.0. The summed E-state index contributed by atoms with van der Waals surface area (Å²) in [5.41, 5.74) is 0. The molecule has 0 spiro atoms. The van der Waals surface area contributed by atoms with E-state index in [2.05, 4.69) is 0 Å². The first-order chi connectivity index (χ1) is 5.91. The van der Waals surface area contributed by atoms with Gasteiger partial charge in [-0.15, -0.1) is 0 Å². The van der Waals surface area contributed by atoms with Gasteiger partial charge in [-0.05, 0) is 25.7 Å². The molecule has 1 fully saturated rings. The Morgan fingerprint density at radius 3 is 1.92 bits per heavy atom. The van der Waals surface area contributed by atoms with Crippen LogP contribution >= 0.6 is 0 Å². The molecule has 1 aliphatic carbocycles. The molecule has 1 saturated carbocycles. The van der Waals surface area contributed by atoms with Gasteiger partial charge in [-0.3, -0.25) is 9.35 Å². The largest absolute Gasteiger partial charge is 0.481 e. The molecule has 0 atom stereocenters. The van der Waals surface area contributed by atoms with Crippen LogP contribution in [0.5, 0.6) is 0 Å². The summed E-state index contributed by atoms with van der Waals surface area (Å²) >= 11 is 0. The van der Waals surface area contributed by atoms with Crippen molar-refractivity contribution in [2.75, 3.05) is 0 Å². The van der Waals surface area contributed by atoms with Gasteiger partial charge in [-0.2, -0.15) is 8.42 Å². The summed E-state index contributed by atoms with van der Waals surface area (Å²) in [6.45, 7) is 0. The highest BCUT2D eigenvalue weighted by Gasteiger charge is 2.32. The van der Waals surface area contributed by atoms with Crippen LogP contribution in [0.4, 0.5) is 0 Å². The fourth-order valence-corrected chi connectivity index (χ4v) is 2.48. The summed E-state index contributed by atoms with van der Waals surface area (Å²) in [5.74, 6) is -1.33. The minimum Gasteiger partial charge on any atom is -0.481 e. The molecule has 5 nitrogen and oxygen atoms in total. The van der Waals surface area contributed by atoms with Gasteiger partial charge in [0.25, 0.3) is 10.1 Å².